The fourth-order valence-electron chi connectivity index (χ4n) is 2.53. The first-order valence-electron chi connectivity index (χ1n) is 6.39. The molecule has 0 saturated heterocycles. The number of hydrogen-bond acceptors (Lipinski definition) is 2. The summed E-state index contributed by atoms with van der Waals surface area (Å²) in [6.45, 7) is 4.11. The van der Waals surface area contributed by atoms with Crippen molar-refractivity contribution >= 4 is 33.2 Å². The summed E-state index contributed by atoms with van der Waals surface area (Å²) in [5, 5.41) is 0. The van der Waals surface area contributed by atoms with Crippen molar-refractivity contribution in [3.63, 3.8) is 0 Å². The van der Waals surface area contributed by atoms with Gasteiger partial charge in [-0.2, -0.15) is 0 Å². The van der Waals surface area contributed by atoms with Crippen LogP contribution < -0.4 is 9.64 Å². The van der Waals surface area contributed by atoms with E-state index in [2.05, 4.69) is 15.9 Å². The molecule has 0 spiro atoms. The highest BCUT2D eigenvalue weighted by molar-refractivity contribution is 9.10. The first kappa shape index (κ1) is 13.2. The molecule has 0 fully saturated rings. The van der Waals surface area contributed by atoms with Gasteiger partial charge in [0.05, 0.1) is 11.4 Å². The summed E-state index contributed by atoms with van der Waals surface area (Å²) in [5.74, 6) is 0.684. The van der Waals surface area contributed by atoms with E-state index in [9.17, 15) is 4.79 Å². The van der Waals surface area contributed by atoms with Gasteiger partial charge in [-0.25, -0.2) is 0 Å². The monoisotopic (exact) mass is 331 g/mol. The lowest BCUT2D eigenvalue weighted by Crippen LogP contribution is -2.36. The lowest BCUT2D eigenvalue weighted by molar-refractivity contribution is -0.120. The molecule has 0 N–H and O–H groups in total. The van der Waals surface area contributed by atoms with E-state index in [1.54, 1.807) is 4.90 Å². The number of nitrogens with zero attached hydrogens (tertiary/aromatic N) is 1. The van der Waals surface area contributed by atoms with Gasteiger partial charge in [0.25, 0.3) is 5.91 Å². The van der Waals surface area contributed by atoms with Crippen LogP contribution in [-0.2, 0) is 4.79 Å². The Morgan fingerprint density at radius 3 is 2.55 bits per heavy atom. The van der Waals surface area contributed by atoms with Gasteiger partial charge in [-0.15, -0.1) is 0 Å². The van der Waals surface area contributed by atoms with Crippen LogP contribution in [0.2, 0.25) is 0 Å². The Morgan fingerprint density at radius 1 is 1.15 bits per heavy atom. The zero-order valence-corrected chi connectivity index (χ0v) is 12.9. The van der Waals surface area contributed by atoms with Crippen LogP contribution in [0.3, 0.4) is 0 Å². The van der Waals surface area contributed by atoms with Crippen LogP contribution >= 0.6 is 15.9 Å². The summed E-state index contributed by atoms with van der Waals surface area (Å²) >= 11 is 3.45. The summed E-state index contributed by atoms with van der Waals surface area (Å²) in [4.78, 5) is 14.1. The number of ether oxygens (including phenoxy) is 1. The van der Waals surface area contributed by atoms with Gasteiger partial charge in [0, 0.05) is 4.47 Å². The molecule has 0 bridgehead atoms. The van der Waals surface area contributed by atoms with E-state index in [-0.39, 0.29) is 12.5 Å². The standard InChI is InChI=1S/C16H14BrNO2/c1-10-4-3-5-11(2)16(10)18-13-8-12(17)6-7-14(13)20-9-15(18)19/h3-8H,9H2,1-2H3. The molecule has 0 aromatic heterocycles. The Labute approximate surface area is 126 Å². The van der Waals surface area contributed by atoms with Gasteiger partial charge >= 0.3 is 0 Å². The number of fused-ring (bicyclic) bond motifs is 1. The van der Waals surface area contributed by atoms with Gasteiger partial charge in [-0.3, -0.25) is 9.69 Å². The second-order valence-corrected chi connectivity index (χ2v) is 5.79. The normalized spacial score (nSPS) is 13.9. The van der Waals surface area contributed by atoms with Gasteiger partial charge < -0.3 is 4.74 Å². The lowest BCUT2D eigenvalue weighted by Gasteiger charge is -2.31. The highest BCUT2D eigenvalue weighted by Gasteiger charge is 2.29. The van der Waals surface area contributed by atoms with E-state index >= 15 is 0 Å². The Hall–Kier alpha value is -1.81. The molecule has 0 radical (unpaired) electrons. The number of hydrogen-bond donors (Lipinski definition) is 0. The number of para-hydroxylation sites is 1. The van der Waals surface area contributed by atoms with E-state index in [1.165, 1.54) is 0 Å². The first-order valence-corrected chi connectivity index (χ1v) is 7.19. The number of carbonyl (C=O) groups is 1. The predicted molar refractivity (Wildman–Crippen MR) is 82.7 cm³/mol. The number of anilines is 2. The molecule has 4 heteroatoms. The molecule has 1 amide bonds. The van der Waals surface area contributed by atoms with Crippen molar-refractivity contribution < 1.29 is 9.53 Å². The molecule has 3 rings (SSSR count). The zero-order chi connectivity index (χ0) is 14.3. The van der Waals surface area contributed by atoms with Crippen molar-refractivity contribution in [3.05, 3.63) is 52.0 Å². The Kier molecular flexibility index (Phi) is 3.26. The van der Waals surface area contributed by atoms with Crippen LogP contribution in [0, 0.1) is 13.8 Å². The molecule has 3 nitrogen and oxygen atoms in total. The summed E-state index contributed by atoms with van der Waals surface area (Å²) < 4.78 is 6.43. The average molecular weight is 332 g/mol. The molecule has 2 aromatic carbocycles. The van der Waals surface area contributed by atoms with Crippen LogP contribution in [0.15, 0.2) is 40.9 Å². The van der Waals surface area contributed by atoms with Crippen molar-refractivity contribution in [2.24, 2.45) is 0 Å². The minimum Gasteiger partial charge on any atom is -0.482 e. The molecular weight excluding hydrogens is 318 g/mol. The summed E-state index contributed by atoms with van der Waals surface area (Å²) in [6.07, 6.45) is 0. The minimum atomic E-state index is -0.0481. The predicted octanol–water partition coefficient (Wildman–Crippen LogP) is 4.12. The molecule has 0 saturated carbocycles. The molecule has 1 aliphatic heterocycles. The maximum atomic E-state index is 12.4. The minimum absolute atomic E-state index is 0.0481. The summed E-state index contributed by atoms with van der Waals surface area (Å²) in [5.41, 5.74) is 3.88. The van der Waals surface area contributed by atoms with E-state index in [0.717, 1.165) is 32.7 Å². The summed E-state index contributed by atoms with van der Waals surface area (Å²) in [6, 6.07) is 11.7. The van der Waals surface area contributed by atoms with Crippen molar-refractivity contribution in [2.45, 2.75) is 13.8 Å². The largest absolute Gasteiger partial charge is 0.482 e. The summed E-state index contributed by atoms with van der Waals surface area (Å²) in [7, 11) is 0. The molecule has 1 heterocycles. The van der Waals surface area contributed by atoms with Crippen LogP contribution in [0.5, 0.6) is 5.75 Å². The molecule has 2 aromatic rings. The van der Waals surface area contributed by atoms with Gasteiger partial charge in [0.15, 0.2) is 6.61 Å². The van der Waals surface area contributed by atoms with Crippen LogP contribution in [-0.4, -0.2) is 12.5 Å². The van der Waals surface area contributed by atoms with Crippen LogP contribution in [0.1, 0.15) is 11.1 Å². The van der Waals surface area contributed by atoms with Crippen molar-refractivity contribution in [1.29, 1.82) is 0 Å². The third-order valence-electron chi connectivity index (χ3n) is 3.43. The fraction of sp³-hybridized carbons (Fsp3) is 0.188. The topological polar surface area (TPSA) is 29.5 Å². The number of rotatable bonds is 1. The van der Waals surface area contributed by atoms with Crippen LogP contribution in [0.25, 0.3) is 0 Å². The third kappa shape index (κ3) is 2.10. The van der Waals surface area contributed by atoms with Crippen molar-refractivity contribution in [3.8, 4) is 5.75 Å². The molecule has 1 aliphatic rings. The van der Waals surface area contributed by atoms with E-state index in [4.69, 9.17) is 4.74 Å². The van der Waals surface area contributed by atoms with Gasteiger partial charge in [-0.05, 0) is 43.2 Å². The smallest absolute Gasteiger partial charge is 0.269 e. The first-order chi connectivity index (χ1) is 9.58. The van der Waals surface area contributed by atoms with Gasteiger partial charge in [0.2, 0.25) is 0 Å². The molecule has 102 valence electrons. The fourth-order valence-corrected chi connectivity index (χ4v) is 2.88. The van der Waals surface area contributed by atoms with Gasteiger partial charge in [-0.1, -0.05) is 34.1 Å². The third-order valence-corrected chi connectivity index (χ3v) is 3.92. The van der Waals surface area contributed by atoms with E-state index in [1.807, 2.05) is 50.2 Å². The SMILES string of the molecule is Cc1cccc(C)c1N1C(=O)COc2ccc(Br)cc21. The van der Waals surface area contributed by atoms with E-state index < -0.39 is 0 Å². The maximum absolute atomic E-state index is 12.4. The second kappa shape index (κ2) is 4.94. The Morgan fingerprint density at radius 2 is 1.85 bits per heavy atom. The molecular formula is C16H14BrNO2. The maximum Gasteiger partial charge on any atom is 0.269 e. The van der Waals surface area contributed by atoms with Crippen molar-refractivity contribution in [1.82, 2.24) is 0 Å². The average Bonchev–Trinajstić information content (AvgIpc) is 2.41. The molecule has 0 unspecified atom stereocenters. The van der Waals surface area contributed by atoms with Gasteiger partial charge in [0.1, 0.15) is 5.75 Å². The molecule has 20 heavy (non-hydrogen) atoms. The van der Waals surface area contributed by atoms with Crippen molar-refractivity contribution in [2.75, 3.05) is 11.5 Å². The molecule has 0 atom stereocenters. The second-order valence-electron chi connectivity index (χ2n) is 4.87. The Bertz CT molecular complexity index is 677. The number of carbonyl (C=O) groups excluding carboxylic acids is 1. The quantitative estimate of drug-likeness (QED) is 0.786. The number of amides is 1. The van der Waals surface area contributed by atoms with Crippen LogP contribution in [0.4, 0.5) is 11.4 Å². The van der Waals surface area contributed by atoms with E-state index in [0.29, 0.717) is 0 Å². The molecule has 0 aliphatic carbocycles. The highest BCUT2D eigenvalue weighted by atomic mass is 79.9. The Balaban J connectivity index is 2.24. The lowest BCUT2D eigenvalue weighted by atomic mass is 10.1. The number of benzene rings is 2. The highest BCUT2D eigenvalue weighted by Crippen LogP contribution is 2.41. The number of aryl methyl sites for hydroxylation is 2. The number of halogens is 1. The zero-order valence-electron chi connectivity index (χ0n) is 11.3.